The largest absolute Gasteiger partial charge is 0.352 e. The van der Waals surface area contributed by atoms with E-state index in [-0.39, 0.29) is 11.9 Å². The summed E-state index contributed by atoms with van der Waals surface area (Å²) in [6, 6.07) is 2.17. The van der Waals surface area contributed by atoms with Crippen molar-refractivity contribution in [2.75, 3.05) is 0 Å². The first-order valence-electron chi connectivity index (χ1n) is 5.22. The van der Waals surface area contributed by atoms with Crippen molar-refractivity contribution < 1.29 is 4.79 Å². The summed E-state index contributed by atoms with van der Waals surface area (Å²) in [6.45, 7) is 8.03. The van der Waals surface area contributed by atoms with Gasteiger partial charge in [-0.15, -0.1) is 0 Å². The lowest BCUT2D eigenvalue weighted by atomic mass is 10.0. The summed E-state index contributed by atoms with van der Waals surface area (Å²) < 4.78 is 0. The molecule has 2 atom stereocenters. The maximum Gasteiger partial charge on any atom is 0.237 e. The smallest absolute Gasteiger partial charge is 0.237 e. The number of carbonyl (C=O) groups is 1. The summed E-state index contributed by atoms with van der Waals surface area (Å²) in [5.41, 5.74) is 0. The highest BCUT2D eigenvalue weighted by atomic mass is 16.1. The van der Waals surface area contributed by atoms with E-state index in [1.54, 1.807) is 0 Å². The van der Waals surface area contributed by atoms with E-state index in [1.165, 1.54) is 0 Å². The number of nitriles is 1. The van der Waals surface area contributed by atoms with Crippen LogP contribution in [-0.2, 0) is 4.79 Å². The van der Waals surface area contributed by atoms with Crippen LogP contribution in [0, 0.1) is 23.2 Å². The van der Waals surface area contributed by atoms with Crippen LogP contribution >= 0.6 is 0 Å². The number of hydrogen-bond acceptors (Lipinski definition) is 2. The zero-order chi connectivity index (χ0) is 11.1. The third-order valence-electron chi connectivity index (χ3n) is 2.42. The van der Waals surface area contributed by atoms with Gasteiger partial charge in [0.15, 0.2) is 0 Å². The highest BCUT2D eigenvalue weighted by Gasteiger charge is 2.19. The molecule has 0 aromatic carbocycles. The molecule has 3 nitrogen and oxygen atoms in total. The highest BCUT2D eigenvalue weighted by molar-refractivity contribution is 5.81. The molecule has 0 aliphatic rings. The number of rotatable bonds is 5. The molecule has 0 radical (unpaired) electrons. The molecule has 0 saturated heterocycles. The van der Waals surface area contributed by atoms with Crippen LogP contribution in [0.2, 0.25) is 0 Å². The van der Waals surface area contributed by atoms with Crippen molar-refractivity contribution >= 4 is 5.91 Å². The molecule has 14 heavy (non-hydrogen) atoms. The summed E-state index contributed by atoms with van der Waals surface area (Å²) >= 11 is 0. The van der Waals surface area contributed by atoms with Crippen molar-refractivity contribution in [3.63, 3.8) is 0 Å². The number of hydrogen-bond donors (Lipinski definition) is 1. The van der Waals surface area contributed by atoms with E-state index in [4.69, 9.17) is 5.26 Å². The molecule has 0 aliphatic heterocycles. The fraction of sp³-hybridized carbons (Fsp3) is 0.818. The Balaban J connectivity index is 4.12. The second kappa shape index (κ2) is 6.42. The van der Waals surface area contributed by atoms with Crippen molar-refractivity contribution in [1.29, 1.82) is 5.26 Å². The summed E-state index contributed by atoms with van der Waals surface area (Å²) in [6.07, 6.45) is 1.51. The van der Waals surface area contributed by atoms with Crippen molar-refractivity contribution in [1.82, 2.24) is 5.32 Å². The van der Waals surface area contributed by atoms with Gasteiger partial charge in [0.25, 0.3) is 0 Å². The van der Waals surface area contributed by atoms with Crippen LogP contribution in [0.1, 0.15) is 40.5 Å². The van der Waals surface area contributed by atoms with Crippen molar-refractivity contribution in [3.8, 4) is 6.07 Å². The van der Waals surface area contributed by atoms with Crippen LogP contribution in [0.4, 0.5) is 0 Å². The van der Waals surface area contributed by atoms with Crippen molar-refractivity contribution in [3.05, 3.63) is 0 Å². The monoisotopic (exact) mass is 196 g/mol. The second-order valence-corrected chi connectivity index (χ2v) is 4.01. The Bertz CT molecular complexity index is 218. The summed E-state index contributed by atoms with van der Waals surface area (Å²) in [4.78, 5) is 11.5. The first kappa shape index (κ1) is 13.0. The van der Waals surface area contributed by atoms with E-state index in [0.29, 0.717) is 12.3 Å². The van der Waals surface area contributed by atoms with Gasteiger partial charge in [0, 0.05) is 6.04 Å². The van der Waals surface area contributed by atoms with Crippen molar-refractivity contribution in [2.45, 2.75) is 46.6 Å². The molecule has 0 rings (SSSR count). The first-order chi connectivity index (χ1) is 6.52. The molecule has 1 amide bonds. The molecule has 0 saturated carbocycles. The van der Waals surface area contributed by atoms with E-state index in [1.807, 2.05) is 33.8 Å². The van der Waals surface area contributed by atoms with Gasteiger partial charge in [0.05, 0.1) is 6.07 Å². The first-order valence-corrected chi connectivity index (χ1v) is 5.22. The van der Waals surface area contributed by atoms with Crippen LogP contribution in [0.3, 0.4) is 0 Å². The molecule has 3 heteroatoms. The van der Waals surface area contributed by atoms with Crippen LogP contribution < -0.4 is 5.32 Å². The summed E-state index contributed by atoms with van der Waals surface area (Å²) in [7, 11) is 0. The summed E-state index contributed by atoms with van der Waals surface area (Å²) in [5.74, 6) is -0.211. The Morgan fingerprint density at radius 2 is 2.00 bits per heavy atom. The third kappa shape index (κ3) is 4.27. The lowest BCUT2D eigenvalue weighted by Crippen LogP contribution is -2.39. The predicted molar refractivity (Wildman–Crippen MR) is 56.5 cm³/mol. The Hall–Kier alpha value is -1.04. The molecule has 1 N–H and O–H groups in total. The van der Waals surface area contributed by atoms with Crippen molar-refractivity contribution in [2.24, 2.45) is 11.8 Å². The zero-order valence-electron chi connectivity index (χ0n) is 9.50. The van der Waals surface area contributed by atoms with Gasteiger partial charge in [-0.1, -0.05) is 27.2 Å². The van der Waals surface area contributed by atoms with Gasteiger partial charge >= 0.3 is 0 Å². The van der Waals surface area contributed by atoms with Gasteiger partial charge in [-0.2, -0.15) is 5.26 Å². The fourth-order valence-corrected chi connectivity index (χ4v) is 1.03. The molecule has 0 fully saturated rings. The minimum Gasteiger partial charge on any atom is -0.352 e. The second-order valence-electron chi connectivity index (χ2n) is 4.01. The van der Waals surface area contributed by atoms with Crippen LogP contribution in [-0.4, -0.2) is 11.9 Å². The highest BCUT2D eigenvalue weighted by Crippen LogP contribution is 2.07. The van der Waals surface area contributed by atoms with E-state index < -0.39 is 5.92 Å². The molecular formula is C11H20N2O. The number of carbonyl (C=O) groups excluding carboxylic acids is 1. The van der Waals surface area contributed by atoms with Crippen LogP contribution in [0.5, 0.6) is 0 Å². The van der Waals surface area contributed by atoms with E-state index in [9.17, 15) is 4.79 Å². The van der Waals surface area contributed by atoms with E-state index in [0.717, 1.165) is 6.42 Å². The zero-order valence-corrected chi connectivity index (χ0v) is 9.50. The lowest BCUT2D eigenvalue weighted by Gasteiger charge is -2.19. The predicted octanol–water partition coefficient (Wildman–Crippen LogP) is 2.09. The van der Waals surface area contributed by atoms with Crippen LogP contribution in [0.15, 0.2) is 0 Å². The number of amides is 1. The molecule has 2 unspecified atom stereocenters. The molecule has 0 spiro atoms. The average Bonchev–Trinajstić information content (AvgIpc) is 2.13. The van der Waals surface area contributed by atoms with Gasteiger partial charge in [-0.3, -0.25) is 4.79 Å². The minimum atomic E-state index is -0.485. The van der Waals surface area contributed by atoms with Gasteiger partial charge in [0.2, 0.25) is 5.91 Å². The fourth-order valence-electron chi connectivity index (χ4n) is 1.03. The molecule has 0 heterocycles. The Morgan fingerprint density at radius 1 is 1.43 bits per heavy atom. The molecular weight excluding hydrogens is 176 g/mol. The standard InChI is InChI=1S/C11H20N2O/c1-5-6-10(7-12)11(14)13-9(4)8(2)3/h8-10H,5-6H2,1-4H3,(H,13,14). The SMILES string of the molecule is CCCC(C#N)C(=O)NC(C)C(C)C. The summed E-state index contributed by atoms with van der Waals surface area (Å²) in [5, 5.41) is 11.6. The van der Waals surface area contributed by atoms with Crippen LogP contribution in [0.25, 0.3) is 0 Å². The topological polar surface area (TPSA) is 52.9 Å². The number of nitrogens with zero attached hydrogens (tertiary/aromatic N) is 1. The van der Waals surface area contributed by atoms with Gasteiger partial charge in [-0.25, -0.2) is 0 Å². The van der Waals surface area contributed by atoms with E-state index in [2.05, 4.69) is 5.32 Å². The molecule has 80 valence electrons. The third-order valence-corrected chi connectivity index (χ3v) is 2.42. The Morgan fingerprint density at radius 3 is 2.36 bits per heavy atom. The van der Waals surface area contributed by atoms with Gasteiger partial charge in [0.1, 0.15) is 5.92 Å². The lowest BCUT2D eigenvalue weighted by molar-refractivity contribution is -0.124. The molecule has 0 bridgehead atoms. The molecule has 0 aliphatic carbocycles. The maximum absolute atomic E-state index is 11.5. The van der Waals surface area contributed by atoms with Gasteiger partial charge in [-0.05, 0) is 19.3 Å². The Labute approximate surface area is 86.5 Å². The average molecular weight is 196 g/mol. The number of nitrogens with one attached hydrogen (secondary N) is 1. The quantitative estimate of drug-likeness (QED) is 0.732. The Kier molecular flexibility index (Phi) is 5.94. The normalized spacial score (nSPS) is 14.6. The maximum atomic E-state index is 11.5. The minimum absolute atomic E-state index is 0.129. The van der Waals surface area contributed by atoms with Gasteiger partial charge < -0.3 is 5.32 Å². The molecule has 0 aromatic rings. The molecule has 0 aromatic heterocycles. The van der Waals surface area contributed by atoms with E-state index >= 15 is 0 Å².